The van der Waals surface area contributed by atoms with Crippen LogP contribution in [0.2, 0.25) is 0 Å². The second-order valence-electron chi connectivity index (χ2n) is 6.32. The van der Waals surface area contributed by atoms with Crippen molar-refractivity contribution in [2.45, 2.75) is 25.4 Å². The lowest BCUT2D eigenvalue weighted by Gasteiger charge is -2.30. The zero-order chi connectivity index (χ0) is 16.9. The molecular weight excluding hydrogens is 298 g/mol. The fraction of sp³-hybridized carbons (Fsp3) is 0.350. The van der Waals surface area contributed by atoms with Crippen molar-refractivity contribution in [2.75, 3.05) is 25.0 Å². The molecular formula is C20H25N3O. The molecule has 0 radical (unpaired) electrons. The van der Waals surface area contributed by atoms with Crippen LogP contribution in [-0.4, -0.2) is 32.1 Å². The Balaban J connectivity index is 1.88. The van der Waals surface area contributed by atoms with Gasteiger partial charge in [-0.15, -0.1) is 0 Å². The number of anilines is 1. The van der Waals surface area contributed by atoms with Crippen molar-refractivity contribution >= 4 is 11.6 Å². The molecule has 0 fully saturated rings. The summed E-state index contributed by atoms with van der Waals surface area (Å²) in [5.41, 5.74) is 3.52. The Morgan fingerprint density at radius 3 is 2.58 bits per heavy atom. The number of fused-ring (bicyclic) bond motifs is 1. The molecule has 2 unspecified atom stereocenters. The van der Waals surface area contributed by atoms with Gasteiger partial charge >= 0.3 is 0 Å². The molecule has 24 heavy (non-hydrogen) atoms. The average Bonchev–Trinajstić information content (AvgIpc) is 3.05. The Labute approximate surface area is 143 Å². The second kappa shape index (κ2) is 7.49. The minimum atomic E-state index is -0.293. The van der Waals surface area contributed by atoms with E-state index in [4.69, 9.17) is 0 Å². The molecule has 4 nitrogen and oxygen atoms in total. The van der Waals surface area contributed by atoms with Gasteiger partial charge in [0.2, 0.25) is 5.91 Å². The van der Waals surface area contributed by atoms with Crippen LogP contribution in [0.5, 0.6) is 0 Å². The number of benzene rings is 2. The summed E-state index contributed by atoms with van der Waals surface area (Å²) in [5.74, 6) is 0.0556. The molecule has 2 N–H and O–H groups in total. The Kier molecular flexibility index (Phi) is 5.16. The van der Waals surface area contributed by atoms with Crippen molar-refractivity contribution in [3.05, 3.63) is 65.7 Å². The fourth-order valence-electron chi connectivity index (χ4n) is 3.19. The maximum absolute atomic E-state index is 13.0. The van der Waals surface area contributed by atoms with Crippen LogP contribution in [0.3, 0.4) is 0 Å². The van der Waals surface area contributed by atoms with E-state index in [0.29, 0.717) is 6.54 Å². The molecule has 2 atom stereocenters. The van der Waals surface area contributed by atoms with E-state index in [2.05, 4.69) is 40.7 Å². The first-order valence-corrected chi connectivity index (χ1v) is 8.55. The fourth-order valence-corrected chi connectivity index (χ4v) is 3.19. The van der Waals surface area contributed by atoms with Crippen LogP contribution in [0.1, 0.15) is 24.1 Å². The molecule has 0 aromatic heterocycles. The first-order valence-electron chi connectivity index (χ1n) is 8.55. The third-order valence-electron chi connectivity index (χ3n) is 4.67. The molecule has 2 aromatic carbocycles. The summed E-state index contributed by atoms with van der Waals surface area (Å²) >= 11 is 0. The minimum Gasteiger partial charge on any atom is -0.355 e. The van der Waals surface area contributed by atoms with Crippen molar-refractivity contribution in [2.24, 2.45) is 0 Å². The molecule has 4 heteroatoms. The third-order valence-corrected chi connectivity index (χ3v) is 4.67. The van der Waals surface area contributed by atoms with E-state index in [1.807, 2.05) is 43.4 Å². The number of hydrogen-bond acceptors (Lipinski definition) is 3. The summed E-state index contributed by atoms with van der Waals surface area (Å²) in [5, 5.41) is 6.25. The van der Waals surface area contributed by atoms with Crippen LogP contribution in [0.25, 0.3) is 0 Å². The number of nitrogens with one attached hydrogen (secondary N) is 2. The monoisotopic (exact) mass is 323 g/mol. The number of para-hydroxylation sites is 1. The molecule has 1 amide bonds. The van der Waals surface area contributed by atoms with Crippen molar-refractivity contribution < 1.29 is 4.79 Å². The molecule has 0 aliphatic carbocycles. The van der Waals surface area contributed by atoms with Gasteiger partial charge in [-0.3, -0.25) is 4.79 Å². The number of carbonyl (C=O) groups is 1. The standard InChI is InChI=1S/C20H25N3O/c1-15(21-2)14-22-20(24)19(17-9-4-3-5-10-17)23-13-12-16-8-6-7-11-18(16)23/h3-11,15,19,21H,12-14H2,1-2H3,(H,22,24). The summed E-state index contributed by atoms with van der Waals surface area (Å²) in [6.45, 7) is 3.55. The van der Waals surface area contributed by atoms with Gasteiger partial charge in [0.15, 0.2) is 0 Å². The molecule has 3 rings (SSSR count). The van der Waals surface area contributed by atoms with Gasteiger partial charge in [0.05, 0.1) is 0 Å². The highest BCUT2D eigenvalue weighted by molar-refractivity contribution is 5.87. The van der Waals surface area contributed by atoms with Gasteiger partial charge in [-0.1, -0.05) is 48.5 Å². The molecule has 0 saturated heterocycles. The van der Waals surface area contributed by atoms with E-state index >= 15 is 0 Å². The SMILES string of the molecule is CNC(C)CNC(=O)C(c1ccccc1)N1CCc2ccccc21. The number of amides is 1. The lowest BCUT2D eigenvalue weighted by molar-refractivity contribution is -0.122. The molecule has 0 bridgehead atoms. The summed E-state index contributed by atoms with van der Waals surface area (Å²) in [6, 6.07) is 18.4. The van der Waals surface area contributed by atoms with Gasteiger partial charge in [-0.05, 0) is 37.6 Å². The zero-order valence-electron chi connectivity index (χ0n) is 14.3. The van der Waals surface area contributed by atoms with E-state index in [9.17, 15) is 4.79 Å². The van der Waals surface area contributed by atoms with Crippen LogP contribution in [0, 0.1) is 0 Å². The highest BCUT2D eigenvalue weighted by Gasteiger charge is 2.32. The smallest absolute Gasteiger partial charge is 0.247 e. The first-order chi connectivity index (χ1) is 11.7. The van der Waals surface area contributed by atoms with Gasteiger partial charge in [0.25, 0.3) is 0 Å². The average molecular weight is 323 g/mol. The summed E-state index contributed by atoms with van der Waals surface area (Å²) in [7, 11) is 1.90. The Morgan fingerprint density at radius 1 is 1.12 bits per heavy atom. The normalized spacial score (nSPS) is 15.7. The van der Waals surface area contributed by atoms with Crippen LogP contribution in [0.4, 0.5) is 5.69 Å². The molecule has 1 heterocycles. The molecule has 0 spiro atoms. The first kappa shape index (κ1) is 16.5. The van der Waals surface area contributed by atoms with Gasteiger partial charge < -0.3 is 15.5 Å². The topological polar surface area (TPSA) is 44.4 Å². The molecule has 1 aliphatic heterocycles. The van der Waals surface area contributed by atoms with Crippen LogP contribution < -0.4 is 15.5 Å². The highest BCUT2D eigenvalue weighted by atomic mass is 16.2. The Bertz CT molecular complexity index is 686. The molecule has 126 valence electrons. The summed E-state index contributed by atoms with van der Waals surface area (Å²) in [6.07, 6.45) is 0.986. The number of nitrogens with zero attached hydrogens (tertiary/aromatic N) is 1. The van der Waals surface area contributed by atoms with Crippen molar-refractivity contribution in [1.29, 1.82) is 0 Å². The predicted octanol–water partition coefficient (Wildman–Crippen LogP) is 2.51. The van der Waals surface area contributed by atoms with Gasteiger partial charge in [0, 0.05) is 24.8 Å². The van der Waals surface area contributed by atoms with Crippen molar-refractivity contribution in [1.82, 2.24) is 10.6 Å². The molecule has 2 aromatic rings. The van der Waals surface area contributed by atoms with E-state index in [1.54, 1.807) is 0 Å². The lowest BCUT2D eigenvalue weighted by Crippen LogP contribution is -2.44. The quantitative estimate of drug-likeness (QED) is 0.858. The summed E-state index contributed by atoms with van der Waals surface area (Å²) < 4.78 is 0. The van der Waals surface area contributed by atoms with Gasteiger partial charge in [-0.25, -0.2) is 0 Å². The second-order valence-corrected chi connectivity index (χ2v) is 6.32. The van der Waals surface area contributed by atoms with Crippen LogP contribution >= 0.6 is 0 Å². The van der Waals surface area contributed by atoms with Crippen molar-refractivity contribution in [3.63, 3.8) is 0 Å². The van der Waals surface area contributed by atoms with Gasteiger partial charge in [-0.2, -0.15) is 0 Å². The van der Waals surface area contributed by atoms with E-state index in [1.165, 1.54) is 11.3 Å². The largest absolute Gasteiger partial charge is 0.355 e. The predicted molar refractivity (Wildman–Crippen MR) is 98.2 cm³/mol. The van der Waals surface area contributed by atoms with E-state index < -0.39 is 0 Å². The van der Waals surface area contributed by atoms with E-state index in [-0.39, 0.29) is 18.0 Å². The third kappa shape index (κ3) is 3.44. The molecule has 1 aliphatic rings. The maximum atomic E-state index is 13.0. The Morgan fingerprint density at radius 2 is 1.83 bits per heavy atom. The number of carbonyl (C=O) groups excluding carboxylic acids is 1. The van der Waals surface area contributed by atoms with Crippen molar-refractivity contribution in [3.8, 4) is 0 Å². The lowest BCUT2D eigenvalue weighted by atomic mass is 10.0. The van der Waals surface area contributed by atoms with Crippen LogP contribution in [0.15, 0.2) is 54.6 Å². The number of rotatable bonds is 6. The highest BCUT2D eigenvalue weighted by Crippen LogP contribution is 2.35. The Hall–Kier alpha value is -2.33. The van der Waals surface area contributed by atoms with E-state index in [0.717, 1.165) is 18.5 Å². The number of likely N-dealkylation sites (N-methyl/N-ethyl adjacent to an activating group) is 1. The number of hydrogen-bond donors (Lipinski definition) is 2. The summed E-state index contributed by atoms with van der Waals surface area (Å²) in [4.78, 5) is 15.2. The zero-order valence-corrected chi connectivity index (χ0v) is 14.3. The van der Waals surface area contributed by atoms with Gasteiger partial charge in [0.1, 0.15) is 6.04 Å². The van der Waals surface area contributed by atoms with Crippen LogP contribution in [-0.2, 0) is 11.2 Å². The molecule has 0 saturated carbocycles. The minimum absolute atomic E-state index is 0.0556. The maximum Gasteiger partial charge on any atom is 0.247 e.